The van der Waals surface area contributed by atoms with Crippen LogP contribution in [0.1, 0.15) is 26.3 Å². The average Bonchev–Trinajstić information content (AvgIpc) is 3.01. The predicted octanol–water partition coefficient (Wildman–Crippen LogP) is 3.93. The van der Waals surface area contributed by atoms with Gasteiger partial charge in [0.2, 0.25) is 0 Å². The summed E-state index contributed by atoms with van der Waals surface area (Å²) in [6.07, 6.45) is 2.37. The van der Waals surface area contributed by atoms with E-state index in [4.69, 9.17) is 4.74 Å². The molecule has 2 heterocycles. The number of nitrogens with zero attached hydrogens (tertiary/aromatic N) is 1. The molecular weight excluding hydrogens is 314 g/mol. The standard InChI is InChI=1S/C20H23N3O2/c1-20(2,3)25-19(24)16(13-14-7-5-4-6-8-14)22-17-10-9-15-11-12-21-18(15)23-17/h4-12,16H,13H2,1-3H3,(H2,21,22,23)/t16-/m0/s1. The number of carbonyl (C=O) groups is 1. The van der Waals surface area contributed by atoms with Crippen LogP contribution >= 0.6 is 0 Å². The van der Waals surface area contributed by atoms with Gasteiger partial charge in [-0.15, -0.1) is 0 Å². The number of aromatic nitrogens is 2. The van der Waals surface area contributed by atoms with Gasteiger partial charge >= 0.3 is 5.97 Å². The average molecular weight is 337 g/mol. The Morgan fingerprint density at radius 3 is 2.64 bits per heavy atom. The number of carbonyl (C=O) groups excluding carboxylic acids is 1. The van der Waals surface area contributed by atoms with Gasteiger partial charge in [-0.1, -0.05) is 30.3 Å². The largest absolute Gasteiger partial charge is 0.458 e. The lowest BCUT2D eigenvalue weighted by atomic mass is 10.1. The molecule has 0 spiro atoms. The summed E-state index contributed by atoms with van der Waals surface area (Å²) in [7, 11) is 0. The zero-order chi connectivity index (χ0) is 17.9. The number of pyridine rings is 1. The van der Waals surface area contributed by atoms with E-state index in [1.54, 1.807) is 0 Å². The van der Waals surface area contributed by atoms with Crippen LogP contribution in [0, 0.1) is 0 Å². The number of rotatable bonds is 5. The third kappa shape index (κ3) is 4.59. The molecule has 2 aromatic heterocycles. The fourth-order valence-corrected chi connectivity index (χ4v) is 2.61. The van der Waals surface area contributed by atoms with Crippen molar-refractivity contribution in [2.45, 2.75) is 38.8 Å². The second-order valence-corrected chi connectivity index (χ2v) is 7.03. The fourth-order valence-electron chi connectivity index (χ4n) is 2.61. The molecule has 5 nitrogen and oxygen atoms in total. The summed E-state index contributed by atoms with van der Waals surface area (Å²) in [6, 6.07) is 15.2. The molecule has 0 radical (unpaired) electrons. The maximum atomic E-state index is 12.7. The van der Waals surface area contributed by atoms with Gasteiger partial charge in [0, 0.05) is 18.0 Å². The number of anilines is 1. The molecule has 0 bridgehead atoms. The molecule has 0 aliphatic rings. The van der Waals surface area contributed by atoms with E-state index in [0.717, 1.165) is 16.6 Å². The van der Waals surface area contributed by atoms with Gasteiger partial charge in [-0.2, -0.15) is 0 Å². The first-order chi connectivity index (χ1) is 11.9. The predicted molar refractivity (Wildman–Crippen MR) is 99.5 cm³/mol. The highest BCUT2D eigenvalue weighted by Crippen LogP contribution is 2.17. The summed E-state index contributed by atoms with van der Waals surface area (Å²) < 4.78 is 5.58. The first kappa shape index (κ1) is 17.0. The molecule has 0 fully saturated rings. The maximum absolute atomic E-state index is 12.7. The van der Waals surface area contributed by atoms with E-state index >= 15 is 0 Å². The van der Waals surface area contributed by atoms with Gasteiger partial charge in [0.15, 0.2) is 0 Å². The quantitative estimate of drug-likeness (QED) is 0.692. The van der Waals surface area contributed by atoms with E-state index in [9.17, 15) is 4.79 Å². The molecule has 1 atom stereocenters. The van der Waals surface area contributed by atoms with Crippen molar-refractivity contribution in [3.63, 3.8) is 0 Å². The van der Waals surface area contributed by atoms with Crippen molar-refractivity contribution in [2.75, 3.05) is 5.32 Å². The first-order valence-electron chi connectivity index (χ1n) is 8.38. The molecular formula is C20H23N3O2. The van der Waals surface area contributed by atoms with Crippen molar-refractivity contribution in [3.8, 4) is 0 Å². The lowest BCUT2D eigenvalue weighted by Gasteiger charge is -2.25. The topological polar surface area (TPSA) is 67.0 Å². The Morgan fingerprint density at radius 2 is 1.92 bits per heavy atom. The zero-order valence-electron chi connectivity index (χ0n) is 14.7. The molecule has 0 aliphatic carbocycles. The van der Waals surface area contributed by atoms with Crippen LogP contribution in [0.5, 0.6) is 0 Å². The number of fused-ring (bicyclic) bond motifs is 1. The Labute approximate surface area is 147 Å². The summed E-state index contributed by atoms with van der Waals surface area (Å²) >= 11 is 0. The molecule has 0 saturated carbocycles. The van der Waals surface area contributed by atoms with Crippen LogP contribution in [0.15, 0.2) is 54.7 Å². The minimum absolute atomic E-state index is 0.287. The molecule has 25 heavy (non-hydrogen) atoms. The van der Waals surface area contributed by atoms with Crippen molar-refractivity contribution in [3.05, 3.63) is 60.3 Å². The number of esters is 1. The molecule has 0 aliphatic heterocycles. The van der Waals surface area contributed by atoms with Crippen LogP contribution in [-0.4, -0.2) is 27.6 Å². The van der Waals surface area contributed by atoms with Crippen molar-refractivity contribution < 1.29 is 9.53 Å². The molecule has 130 valence electrons. The number of nitrogens with one attached hydrogen (secondary N) is 2. The van der Waals surface area contributed by atoms with Gasteiger partial charge in [-0.05, 0) is 44.5 Å². The van der Waals surface area contributed by atoms with E-state index in [0.29, 0.717) is 12.2 Å². The van der Waals surface area contributed by atoms with Crippen LogP contribution in [0.3, 0.4) is 0 Å². The van der Waals surface area contributed by atoms with E-state index in [1.807, 2.05) is 75.5 Å². The number of benzene rings is 1. The summed E-state index contributed by atoms with van der Waals surface area (Å²) in [5.74, 6) is 0.353. The van der Waals surface area contributed by atoms with Crippen LogP contribution in [0.4, 0.5) is 5.82 Å². The lowest BCUT2D eigenvalue weighted by molar-refractivity contribution is -0.155. The van der Waals surface area contributed by atoms with Gasteiger partial charge in [-0.25, -0.2) is 9.78 Å². The second kappa shape index (κ2) is 6.97. The summed E-state index contributed by atoms with van der Waals surface area (Å²) in [5.41, 5.74) is 1.31. The van der Waals surface area contributed by atoms with E-state index in [-0.39, 0.29) is 5.97 Å². The monoisotopic (exact) mass is 337 g/mol. The summed E-state index contributed by atoms with van der Waals surface area (Å²) in [4.78, 5) is 20.3. The smallest absolute Gasteiger partial charge is 0.329 e. The van der Waals surface area contributed by atoms with Crippen LogP contribution < -0.4 is 5.32 Å². The Bertz CT molecular complexity index is 850. The first-order valence-corrected chi connectivity index (χ1v) is 8.38. The Hall–Kier alpha value is -2.82. The molecule has 0 amide bonds. The van der Waals surface area contributed by atoms with Crippen LogP contribution in [-0.2, 0) is 16.0 Å². The second-order valence-electron chi connectivity index (χ2n) is 7.03. The highest BCUT2D eigenvalue weighted by atomic mass is 16.6. The molecule has 3 rings (SSSR count). The lowest BCUT2D eigenvalue weighted by Crippen LogP contribution is -2.38. The number of aromatic amines is 1. The fraction of sp³-hybridized carbons (Fsp3) is 0.300. The molecule has 1 aromatic carbocycles. The Kier molecular flexibility index (Phi) is 4.74. The normalized spacial score (nSPS) is 12.8. The number of hydrogen-bond acceptors (Lipinski definition) is 4. The van der Waals surface area contributed by atoms with Crippen molar-refractivity contribution in [1.29, 1.82) is 0 Å². The van der Waals surface area contributed by atoms with Gasteiger partial charge in [0.1, 0.15) is 23.1 Å². The number of H-pyrrole nitrogens is 1. The molecule has 0 unspecified atom stereocenters. The van der Waals surface area contributed by atoms with Crippen molar-refractivity contribution >= 4 is 22.8 Å². The zero-order valence-corrected chi connectivity index (χ0v) is 14.7. The maximum Gasteiger partial charge on any atom is 0.329 e. The summed E-state index contributed by atoms with van der Waals surface area (Å²) in [5, 5.41) is 4.26. The van der Waals surface area contributed by atoms with E-state index in [2.05, 4.69) is 15.3 Å². The SMILES string of the molecule is CC(C)(C)OC(=O)[C@H](Cc1ccccc1)Nc1ccc2cc[nH]c2n1. The third-order valence-corrected chi connectivity index (χ3v) is 3.71. The minimum Gasteiger partial charge on any atom is -0.458 e. The van der Waals surface area contributed by atoms with Gasteiger partial charge in [0.25, 0.3) is 0 Å². The van der Waals surface area contributed by atoms with Gasteiger partial charge in [0.05, 0.1) is 0 Å². The molecule has 5 heteroatoms. The highest BCUT2D eigenvalue weighted by Gasteiger charge is 2.26. The number of hydrogen-bond donors (Lipinski definition) is 2. The third-order valence-electron chi connectivity index (χ3n) is 3.71. The molecule has 0 saturated heterocycles. The number of ether oxygens (including phenoxy) is 1. The van der Waals surface area contributed by atoms with Crippen molar-refractivity contribution in [2.24, 2.45) is 0 Å². The summed E-state index contributed by atoms with van der Waals surface area (Å²) in [6.45, 7) is 5.61. The van der Waals surface area contributed by atoms with Crippen LogP contribution in [0.2, 0.25) is 0 Å². The highest BCUT2D eigenvalue weighted by molar-refractivity contribution is 5.81. The molecule has 2 N–H and O–H groups in total. The van der Waals surface area contributed by atoms with Gasteiger partial charge < -0.3 is 15.0 Å². The molecule has 3 aromatic rings. The van der Waals surface area contributed by atoms with Crippen molar-refractivity contribution in [1.82, 2.24) is 9.97 Å². The van der Waals surface area contributed by atoms with E-state index in [1.165, 1.54) is 0 Å². The Balaban J connectivity index is 1.82. The van der Waals surface area contributed by atoms with E-state index < -0.39 is 11.6 Å². The Morgan fingerprint density at radius 1 is 1.16 bits per heavy atom. The van der Waals surface area contributed by atoms with Crippen LogP contribution in [0.25, 0.3) is 11.0 Å². The van der Waals surface area contributed by atoms with Gasteiger partial charge in [-0.3, -0.25) is 0 Å². The minimum atomic E-state index is -0.537.